The van der Waals surface area contributed by atoms with Crippen molar-refractivity contribution in [3.05, 3.63) is 0 Å². The normalized spacial score (nSPS) is 15.0. The number of nitrogens with two attached hydrogens (primary N) is 1. The summed E-state index contributed by atoms with van der Waals surface area (Å²) in [7, 11) is 0. The van der Waals surface area contributed by atoms with Gasteiger partial charge in [0.15, 0.2) is 0 Å². The van der Waals surface area contributed by atoms with Gasteiger partial charge in [0.05, 0.1) is 19.8 Å². The van der Waals surface area contributed by atoms with Gasteiger partial charge in [-0.25, -0.2) is 5.90 Å². The number of hydrogen-bond donors (Lipinski definition) is 3. The number of hydrogen-bond acceptors (Lipinski definition) is 5. The maximum atomic E-state index is 9.16. The Kier molecular flexibility index (Phi) is 7.20. The summed E-state index contributed by atoms with van der Waals surface area (Å²) in [6.45, 7) is 12.4. The summed E-state index contributed by atoms with van der Waals surface area (Å²) in [6, 6.07) is 0. The zero-order valence-corrected chi connectivity index (χ0v) is 11.7. The van der Waals surface area contributed by atoms with E-state index in [2.05, 4.69) is 24.0 Å². The Morgan fingerprint density at radius 3 is 2.12 bits per heavy atom. The summed E-state index contributed by atoms with van der Waals surface area (Å²) in [5, 5.41) is 12.1. The molecule has 1 unspecified atom stereocenters. The van der Waals surface area contributed by atoms with Gasteiger partial charge in [-0.1, -0.05) is 27.7 Å². The molecule has 0 bridgehead atoms. The highest BCUT2D eigenvalue weighted by molar-refractivity contribution is 4.73. The molecule has 0 radical (unpaired) electrons. The fraction of sp³-hybridized carbons (Fsp3) is 1.00. The van der Waals surface area contributed by atoms with E-state index in [1.165, 1.54) is 0 Å². The fourth-order valence-electron chi connectivity index (χ4n) is 1.35. The molecule has 0 amide bonds. The maximum absolute atomic E-state index is 9.16. The Morgan fingerprint density at radius 1 is 1.12 bits per heavy atom. The lowest BCUT2D eigenvalue weighted by Crippen LogP contribution is -2.38. The van der Waals surface area contributed by atoms with Gasteiger partial charge in [0, 0.05) is 17.4 Å². The van der Waals surface area contributed by atoms with Crippen LogP contribution in [0, 0.1) is 10.8 Å². The van der Waals surface area contributed by atoms with Gasteiger partial charge in [-0.05, 0) is 6.92 Å². The number of rotatable bonds is 9. The topological polar surface area (TPSA) is 76.7 Å². The molecule has 1 atom stereocenters. The maximum Gasteiger partial charge on any atom is 0.102 e. The molecular weight excluding hydrogens is 220 g/mol. The Hall–Kier alpha value is -0.200. The molecule has 0 saturated carbocycles. The van der Waals surface area contributed by atoms with Crippen molar-refractivity contribution in [3.63, 3.8) is 0 Å². The van der Waals surface area contributed by atoms with E-state index >= 15 is 0 Å². The first-order valence-corrected chi connectivity index (χ1v) is 5.99. The highest BCUT2D eigenvalue weighted by Gasteiger charge is 2.22. The molecule has 0 aromatic heterocycles. The molecule has 0 aliphatic rings. The summed E-state index contributed by atoms with van der Waals surface area (Å²) in [5.41, 5.74) is -0.0980. The van der Waals surface area contributed by atoms with Crippen molar-refractivity contribution in [1.29, 1.82) is 0 Å². The second kappa shape index (κ2) is 7.28. The number of aliphatic hydroxyl groups is 1. The number of nitrogens with one attached hydrogen (secondary N) is 1. The predicted molar refractivity (Wildman–Crippen MR) is 68.2 cm³/mol. The molecule has 0 spiro atoms. The summed E-state index contributed by atoms with van der Waals surface area (Å²) in [6.07, 6.45) is -0.489. The van der Waals surface area contributed by atoms with Crippen molar-refractivity contribution in [1.82, 2.24) is 5.32 Å². The van der Waals surface area contributed by atoms with E-state index in [1.54, 1.807) is 6.92 Å². The first-order chi connectivity index (χ1) is 7.68. The van der Waals surface area contributed by atoms with Gasteiger partial charge in [-0.3, -0.25) is 5.32 Å². The lowest BCUT2D eigenvalue weighted by molar-refractivity contribution is -0.0274. The standard InChI is InChI=1S/C12H28N2O3/c1-10(15)14-6-11(2,3)7-16-8-12(4,5)9-17-13/h10,14-15H,6-9,13H2,1-5H3. The van der Waals surface area contributed by atoms with Crippen LogP contribution < -0.4 is 11.2 Å². The van der Waals surface area contributed by atoms with Gasteiger partial charge >= 0.3 is 0 Å². The Balaban J connectivity index is 3.85. The van der Waals surface area contributed by atoms with Crippen LogP contribution in [0.1, 0.15) is 34.6 Å². The van der Waals surface area contributed by atoms with Gasteiger partial charge in [0.25, 0.3) is 0 Å². The highest BCUT2D eigenvalue weighted by atomic mass is 16.6. The molecule has 0 rings (SSSR count). The van der Waals surface area contributed by atoms with Crippen LogP contribution >= 0.6 is 0 Å². The predicted octanol–water partition coefficient (Wildman–Crippen LogP) is 0.874. The lowest BCUT2D eigenvalue weighted by Gasteiger charge is -2.29. The quantitative estimate of drug-likeness (QED) is 0.417. The van der Waals surface area contributed by atoms with E-state index < -0.39 is 6.23 Å². The molecular formula is C12H28N2O3. The van der Waals surface area contributed by atoms with E-state index in [9.17, 15) is 0 Å². The average Bonchev–Trinajstić information content (AvgIpc) is 2.14. The molecule has 0 fully saturated rings. The summed E-state index contributed by atoms with van der Waals surface area (Å²) in [5.74, 6) is 5.06. The van der Waals surface area contributed by atoms with E-state index in [1.807, 2.05) is 13.8 Å². The van der Waals surface area contributed by atoms with Crippen molar-refractivity contribution in [2.24, 2.45) is 16.7 Å². The Bertz CT molecular complexity index is 206. The first kappa shape index (κ1) is 16.8. The zero-order chi connectivity index (χ0) is 13.5. The van der Waals surface area contributed by atoms with Crippen LogP contribution in [0.3, 0.4) is 0 Å². The Morgan fingerprint density at radius 2 is 1.65 bits per heavy atom. The second-order valence-electron chi connectivity index (χ2n) is 6.19. The molecule has 5 heteroatoms. The van der Waals surface area contributed by atoms with Crippen molar-refractivity contribution < 1.29 is 14.7 Å². The van der Waals surface area contributed by atoms with Crippen molar-refractivity contribution in [2.75, 3.05) is 26.4 Å². The SMILES string of the molecule is CC(O)NCC(C)(C)COCC(C)(C)CON. The van der Waals surface area contributed by atoms with E-state index in [0.717, 1.165) is 0 Å². The third kappa shape index (κ3) is 9.50. The van der Waals surface area contributed by atoms with E-state index in [4.69, 9.17) is 15.7 Å². The average molecular weight is 248 g/mol. The lowest BCUT2D eigenvalue weighted by atomic mass is 9.93. The van der Waals surface area contributed by atoms with E-state index in [-0.39, 0.29) is 10.8 Å². The Labute approximate surface area is 105 Å². The monoisotopic (exact) mass is 248 g/mol. The molecule has 0 aromatic carbocycles. The molecule has 0 saturated heterocycles. The molecule has 5 nitrogen and oxygen atoms in total. The van der Waals surface area contributed by atoms with Gasteiger partial charge < -0.3 is 14.7 Å². The minimum Gasteiger partial charge on any atom is -0.380 e. The molecule has 0 heterocycles. The van der Waals surface area contributed by atoms with Gasteiger partial charge in [-0.15, -0.1) is 0 Å². The molecule has 0 aromatic rings. The largest absolute Gasteiger partial charge is 0.380 e. The second-order valence-corrected chi connectivity index (χ2v) is 6.19. The minimum absolute atomic E-state index is 0.0172. The van der Waals surface area contributed by atoms with E-state index in [0.29, 0.717) is 26.4 Å². The minimum atomic E-state index is -0.489. The summed E-state index contributed by atoms with van der Waals surface area (Å²) >= 11 is 0. The summed E-state index contributed by atoms with van der Waals surface area (Å²) in [4.78, 5) is 4.64. The number of ether oxygens (including phenoxy) is 1. The third-order valence-corrected chi connectivity index (χ3v) is 2.34. The highest BCUT2D eigenvalue weighted by Crippen LogP contribution is 2.19. The molecule has 104 valence electrons. The van der Waals surface area contributed by atoms with Crippen molar-refractivity contribution in [3.8, 4) is 0 Å². The summed E-state index contributed by atoms with van der Waals surface area (Å²) < 4.78 is 5.69. The fourth-order valence-corrected chi connectivity index (χ4v) is 1.35. The van der Waals surface area contributed by atoms with Crippen LogP contribution in [0.25, 0.3) is 0 Å². The zero-order valence-electron chi connectivity index (χ0n) is 11.7. The first-order valence-electron chi connectivity index (χ1n) is 5.99. The van der Waals surface area contributed by atoms with Gasteiger partial charge in [0.2, 0.25) is 0 Å². The van der Waals surface area contributed by atoms with Crippen LogP contribution in [0.15, 0.2) is 0 Å². The number of aliphatic hydroxyl groups excluding tert-OH is 1. The molecule has 0 aliphatic heterocycles. The van der Waals surface area contributed by atoms with Crippen LogP contribution in [0.2, 0.25) is 0 Å². The van der Waals surface area contributed by atoms with Crippen LogP contribution in [0.5, 0.6) is 0 Å². The molecule has 0 aliphatic carbocycles. The smallest absolute Gasteiger partial charge is 0.102 e. The van der Waals surface area contributed by atoms with Gasteiger partial charge in [-0.2, -0.15) is 0 Å². The van der Waals surface area contributed by atoms with Crippen molar-refractivity contribution in [2.45, 2.75) is 40.8 Å². The van der Waals surface area contributed by atoms with Gasteiger partial charge in [0.1, 0.15) is 6.23 Å². The molecule has 4 N–H and O–H groups in total. The third-order valence-electron chi connectivity index (χ3n) is 2.34. The molecule has 17 heavy (non-hydrogen) atoms. The van der Waals surface area contributed by atoms with Crippen LogP contribution in [-0.4, -0.2) is 37.7 Å². The van der Waals surface area contributed by atoms with Crippen molar-refractivity contribution >= 4 is 0 Å². The van der Waals surface area contributed by atoms with Crippen LogP contribution in [0.4, 0.5) is 0 Å². The van der Waals surface area contributed by atoms with Crippen LogP contribution in [-0.2, 0) is 9.57 Å².